The van der Waals surface area contributed by atoms with Crippen molar-refractivity contribution in [1.29, 1.82) is 0 Å². The molecule has 2 nitrogen and oxygen atoms in total. The highest BCUT2D eigenvalue weighted by Gasteiger charge is 2.02. The molecule has 0 unspecified atom stereocenters. The average Bonchev–Trinajstić information content (AvgIpc) is 3.01. The Morgan fingerprint density at radius 1 is 0.696 bits per heavy atom. The minimum absolute atomic E-state index is 1.14. The van der Waals surface area contributed by atoms with Crippen molar-refractivity contribution in [2.75, 3.05) is 0 Å². The van der Waals surface area contributed by atoms with Gasteiger partial charge in [-0.15, -0.1) is 0 Å². The van der Waals surface area contributed by atoms with Crippen LogP contribution in [-0.4, -0.2) is 9.55 Å². The molecule has 0 bridgehead atoms. The average molecular weight is 321 g/mol. The quantitative estimate of drug-likeness (QED) is 0.302. The smallest absolute Gasteiger partial charge is 0.108 e. The number of hydrogen-bond donors (Lipinski definition) is 0. The summed E-state index contributed by atoms with van der Waals surface area (Å²) in [4.78, 5) is 4.52. The molecule has 0 spiro atoms. The molecule has 1 rings (SSSR count). The first-order chi connectivity index (χ1) is 11.4. The number of unbranched alkanes of at least 4 members (excludes halogenated alkanes) is 12. The number of aryl methyl sites for hydroxylation is 2. The molecule has 134 valence electrons. The molecule has 1 heterocycles. The first-order valence-corrected chi connectivity index (χ1v) is 10.4. The second kappa shape index (κ2) is 14.8. The number of nitrogens with zero attached hydrogens (tertiary/aromatic N) is 2. The maximum absolute atomic E-state index is 4.52. The predicted octanol–water partition coefficient (Wildman–Crippen LogP) is 6.93. The van der Waals surface area contributed by atoms with E-state index in [1.54, 1.807) is 0 Å². The van der Waals surface area contributed by atoms with Crippen molar-refractivity contribution < 1.29 is 0 Å². The molecule has 0 atom stereocenters. The van der Waals surface area contributed by atoms with E-state index < -0.39 is 0 Å². The normalized spacial score (nSPS) is 11.2. The van der Waals surface area contributed by atoms with E-state index in [4.69, 9.17) is 0 Å². The largest absolute Gasteiger partial charge is 0.335 e. The molecule has 0 aliphatic heterocycles. The summed E-state index contributed by atoms with van der Waals surface area (Å²) in [7, 11) is 0. The van der Waals surface area contributed by atoms with Crippen molar-refractivity contribution in [2.24, 2.45) is 0 Å². The Balaban J connectivity index is 1.89. The van der Waals surface area contributed by atoms with Crippen molar-refractivity contribution in [2.45, 2.75) is 117 Å². The molecule has 0 amide bonds. The molecule has 0 aliphatic carbocycles. The van der Waals surface area contributed by atoms with Crippen LogP contribution in [0.4, 0.5) is 0 Å². The third-order valence-corrected chi connectivity index (χ3v) is 4.81. The number of hydrogen-bond acceptors (Lipinski definition) is 1. The van der Waals surface area contributed by atoms with Crippen LogP contribution in [0.1, 0.15) is 110 Å². The molecule has 1 aromatic heterocycles. The summed E-state index contributed by atoms with van der Waals surface area (Å²) in [6.45, 7) is 5.68. The summed E-state index contributed by atoms with van der Waals surface area (Å²) in [5.41, 5.74) is 0. The number of rotatable bonds is 16. The Bertz CT molecular complexity index is 356. The zero-order valence-electron chi connectivity index (χ0n) is 15.9. The Morgan fingerprint density at radius 3 is 1.78 bits per heavy atom. The van der Waals surface area contributed by atoms with Crippen LogP contribution >= 0.6 is 0 Å². The van der Waals surface area contributed by atoms with Crippen molar-refractivity contribution in [3.8, 4) is 0 Å². The summed E-state index contributed by atoms with van der Waals surface area (Å²) in [5, 5.41) is 0. The van der Waals surface area contributed by atoms with Gasteiger partial charge in [-0.3, -0.25) is 0 Å². The molecule has 0 N–H and O–H groups in total. The maximum Gasteiger partial charge on any atom is 0.108 e. The van der Waals surface area contributed by atoms with Gasteiger partial charge in [0.1, 0.15) is 5.82 Å². The van der Waals surface area contributed by atoms with Gasteiger partial charge >= 0.3 is 0 Å². The Morgan fingerprint density at radius 2 is 1.22 bits per heavy atom. The molecular formula is C21H40N2. The first-order valence-electron chi connectivity index (χ1n) is 10.4. The molecule has 0 aromatic carbocycles. The molecule has 2 heteroatoms. The zero-order chi connectivity index (χ0) is 16.6. The van der Waals surface area contributed by atoms with Crippen molar-refractivity contribution >= 4 is 0 Å². The molecule has 0 radical (unpaired) electrons. The standard InChI is InChI=1S/C21H40N2/c1-3-5-7-8-9-10-11-12-13-14-15-16-17-21-22-18-20-23(21)19-6-4-2/h18,20H,3-17,19H2,1-2H3. The molecular weight excluding hydrogens is 280 g/mol. The van der Waals surface area contributed by atoms with Gasteiger partial charge in [0.15, 0.2) is 0 Å². The Kier molecular flexibility index (Phi) is 13.0. The maximum atomic E-state index is 4.52. The summed E-state index contributed by atoms with van der Waals surface area (Å²) in [6, 6.07) is 0. The first kappa shape index (κ1) is 20.3. The van der Waals surface area contributed by atoms with Gasteiger partial charge in [0.25, 0.3) is 0 Å². The van der Waals surface area contributed by atoms with Gasteiger partial charge in [0.2, 0.25) is 0 Å². The second-order valence-corrected chi connectivity index (χ2v) is 7.03. The van der Waals surface area contributed by atoms with Crippen LogP contribution in [0.3, 0.4) is 0 Å². The van der Waals surface area contributed by atoms with Crippen LogP contribution in [0.25, 0.3) is 0 Å². The molecule has 0 aliphatic rings. The van der Waals surface area contributed by atoms with Crippen LogP contribution in [0.2, 0.25) is 0 Å². The highest BCUT2D eigenvalue weighted by molar-refractivity contribution is 4.92. The van der Waals surface area contributed by atoms with Crippen LogP contribution < -0.4 is 0 Å². The monoisotopic (exact) mass is 320 g/mol. The van der Waals surface area contributed by atoms with Gasteiger partial charge in [0.05, 0.1) is 0 Å². The number of aromatic nitrogens is 2. The van der Waals surface area contributed by atoms with Gasteiger partial charge in [-0.05, 0) is 12.8 Å². The predicted molar refractivity (Wildman–Crippen MR) is 102 cm³/mol. The van der Waals surface area contributed by atoms with Gasteiger partial charge in [-0.25, -0.2) is 4.98 Å². The third kappa shape index (κ3) is 10.6. The third-order valence-electron chi connectivity index (χ3n) is 4.81. The summed E-state index contributed by atoms with van der Waals surface area (Å²) < 4.78 is 2.35. The van der Waals surface area contributed by atoms with Crippen molar-refractivity contribution in [1.82, 2.24) is 9.55 Å². The van der Waals surface area contributed by atoms with E-state index in [1.807, 2.05) is 6.20 Å². The summed E-state index contributed by atoms with van der Waals surface area (Å²) >= 11 is 0. The summed E-state index contributed by atoms with van der Waals surface area (Å²) in [6.07, 6.45) is 24.8. The van der Waals surface area contributed by atoms with E-state index >= 15 is 0 Å². The van der Waals surface area contributed by atoms with E-state index in [2.05, 4.69) is 29.6 Å². The van der Waals surface area contributed by atoms with E-state index in [-0.39, 0.29) is 0 Å². The lowest BCUT2D eigenvalue weighted by Gasteiger charge is -2.07. The van der Waals surface area contributed by atoms with Crippen molar-refractivity contribution in [3.63, 3.8) is 0 Å². The minimum atomic E-state index is 1.14. The topological polar surface area (TPSA) is 17.8 Å². The fourth-order valence-electron chi connectivity index (χ4n) is 3.22. The molecule has 0 fully saturated rings. The zero-order valence-corrected chi connectivity index (χ0v) is 15.9. The van der Waals surface area contributed by atoms with Gasteiger partial charge in [-0.2, -0.15) is 0 Å². The Labute approximate surface area is 145 Å². The SMILES string of the molecule is CCCCCCCCCCCCCCc1nccn1CCCC. The summed E-state index contributed by atoms with van der Waals surface area (Å²) in [5.74, 6) is 1.30. The van der Waals surface area contributed by atoms with Gasteiger partial charge in [-0.1, -0.05) is 90.9 Å². The van der Waals surface area contributed by atoms with E-state index in [0.717, 1.165) is 13.0 Å². The van der Waals surface area contributed by atoms with Crippen LogP contribution in [0.15, 0.2) is 12.4 Å². The van der Waals surface area contributed by atoms with Crippen LogP contribution in [0.5, 0.6) is 0 Å². The Hall–Kier alpha value is -0.790. The van der Waals surface area contributed by atoms with Crippen LogP contribution in [0, 0.1) is 0 Å². The van der Waals surface area contributed by atoms with E-state index in [1.165, 1.54) is 95.7 Å². The van der Waals surface area contributed by atoms with E-state index in [0.29, 0.717) is 0 Å². The minimum Gasteiger partial charge on any atom is -0.335 e. The van der Waals surface area contributed by atoms with Gasteiger partial charge < -0.3 is 4.57 Å². The molecule has 0 saturated carbocycles. The second-order valence-electron chi connectivity index (χ2n) is 7.03. The highest BCUT2D eigenvalue weighted by atomic mass is 15.1. The lowest BCUT2D eigenvalue weighted by atomic mass is 10.0. The van der Waals surface area contributed by atoms with E-state index in [9.17, 15) is 0 Å². The lowest BCUT2D eigenvalue weighted by molar-refractivity contribution is 0.537. The number of imidazole rings is 1. The van der Waals surface area contributed by atoms with Gasteiger partial charge in [0, 0.05) is 25.4 Å². The van der Waals surface area contributed by atoms with Crippen LogP contribution in [-0.2, 0) is 13.0 Å². The molecule has 23 heavy (non-hydrogen) atoms. The highest BCUT2D eigenvalue weighted by Crippen LogP contribution is 2.13. The van der Waals surface area contributed by atoms with Crippen molar-refractivity contribution in [3.05, 3.63) is 18.2 Å². The lowest BCUT2D eigenvalue weighted by Crippen LogP contribution is -2.03. The fourth-order valence-corrected chi connectivity index (χ4v) is 3.22. The fraction of sp³-hybridized carbons (Fsp3) is 0.857. The molecule has 0 saturated heterocycles. The molecule has 1 aromatic rings.